The standard InChI is InChI=1S/C8H7F2I2NO.ClH/c9-8(10)6(13)4-1-3(11)2-5(12)7(4)14;/h1-2,6,8,14H,13H2;1H/t6-;/m1./s1. The molecule has 1 atom stereocenters. The third kappa shape index (κ3) is 3.82. The number of halogens is 5. The predicted octanol–water partition coefficient (Wildman–Crippen LogP) is 3.29. The lowest BCUT2D eigenvalue weighted by Gasteiger charge is -2.14. The second-order valence-electron chi connectivity index (χ2n) is 2.69. The lowest BCUT2D eigenvalue weighted by atomic mass is 10.1. The van der Waals surface area contributed by atoms with E-state index in [2.05, 4.69) is 0 Å². The largest absolute Gasteiger partial charge is 0.506 e. The highest BCUT2D eigenvalue weighted by molar-refractivity contribution is 14.1. The van der Waals surface area contributed by atoms with Gasteiger partial charge in [0.05, 0.1) is 9.61 Å². The van der Waals surface area contributed by atoms with Gasteiger partial charge >= 0.3 is 0 Å². The van der Waals surface area contributed by atoms with Gasteiger partial charge in [-0.15, -0.1) is 12.4 Å². The maximum atomic E-state index is 12.3. The Labute approximate surface area is 119 Å². The van der Waals surface area contributed by atoms with E-state index in [1.807, 2.05) is 45.2 Å². The van der Waals surface area contributed by atoms with Crippen LogP contribution in [0.2, 0.25) is 0 Å². The van der Waals surface area contributed by atoms with E-state index in [1.165, 1.54) is 6.07 Å². The maximum absolute atomic E-state index is 12.3. The smallest absolute Gasteiger partial charge is 0.257 e. The number of nitrogens with two attached hydrogens (primary N) is 1. The van der Waals surface area contributed by atoms with Gasteiger partial charge in [0, 0.05) is 9.13 Å². The zero-order valence-electron chi connectivity index (χ0n) is 7.25. The molecule has 1 aromatic rings. The van der Waals surface area contributed by atoms with Gasteiger partial charge in [0.15, 0.2) is 0 Å². The van der Waals surface area contributed by atoms with E-state index >= 15 is 0 Å². The summed E-state index contributed by atoms with van der Waals surface area (Å²) in [5.74, 6) is -0.154. The molecule has 0 aliphatic heterocycles. The Kier molecular flexibility index (Phi) is 6.61. The SMILES string of the molecule is Cl.N[C@H](c1cc(I)cc(I)c1O)C(F)F. The van der Waals surface area contributed by atoms with Crippen LogP contribution in [-0.4, -0.2) is 11.5 Å². The monoisotopic (exact) mass is 461 g/mol. The summed E-state index contributed by atoms with van der Waals surface area (Å²) >= 11 is 3.87. The third-order valence-corrected chi connectivity index (χ3v) is 3.13. The molecule has 0 amide bonds. The number of alkyl halides is 2. The summed E-state index contributed by atoms with van der Waals surface area (Å²) in [7, 11) is 0. The summed E-state index contributed by atoms with van der Waals surface area (Å²) in [6, 6.07) is 1.73. The average molecular weight is 461 g/mol. The highest BCUT2D eigenvalue weighted by Crippen LogP contribution is 2.32. The molecule has 0 aliphatic carbocycles. The van der Waals surface area contributed by atoms with Crippen molar-refractivity contribution in [2.75, 3.05) is 0 Å². The molecule has 0 saturated carbocycles. The molecule has 1 rings (SSSR count). The molecule has 7 heteroatoms. The van der Waals surface area contributed by atoms with Gasteiger partial charge in [0.1, 0.15) is 5.75 Å². The van der Waals surface area contributed by atoms with Crippen LogP contribution in [0.4, 0.5) is 8.78 Å². The fourth-order valence-corrected chi connectivity index (χ4v) is 2.87. The Morgan fingerprint density at radius 2 is 1.80 bits per heavy atom. The van der Waals surface area contributed by atoms with E-state index in [0.717, 1.165) is 3.57 Å². The topological polar surface area (TPSA) is 46.2 Å². The molecule has 15 heavy (non-hydrogen) atoms. The van der Waals surface area contributed by atoms with Crippen LogP contribution in [0.5, 0.6) is 5.75 Å². The number of rotatable bonds is 2. The van der Waals surface area contributed by atoms with Gasteiger partial charge in [0.25, 0.3) is 6.43 Å². The fraction of sp³-hybridized carbons (Fsp3) is 0.250. The van der Waals surface area contributed by atoms with Gasteiger partial charge in [-0.25, -0.2) is 8.78 Å². The van der Waals surface area contributed by atoms with Gasteiger partial charge in [-0.1, -0.05) is 0 Å². The fourth-order valence-electron chi connectivity index (χ4n) is 0.976. The zero-order chi connectivity index (χ0) is 10.9. The highest BCUT2D eigenvalue weighted by atomic mass is 127. The van der Waals surface area contributed by atoms with Crippen molar-refractivity contribution in [3.8, 4) is 5.75 Å². The van der Waals surface area contributed by atoms with Crippen molar-refractivity contribution >= 4 is 57.6 Å². The van der Waals surface area contributed by atoms with Gasteiger partial charge in [-0.2, -0.15) is 0 Å². The second-order valence-corrected chi connectivity index (χ2v) is 5.09. The van der Waals surface area contributed by atoms with Gasteiger partial charge < -0.3 is 10.8 Å². The van der Waals surface area contributed by atoms with E-state index in [9.17, 15) is 13.9 Å². The van der Waals surface area contributed by atoms with Crippen LogP contribution in [0, 0.1) is 7.14 Å². The number of phenols is 1. The van der Waals surface area contributed by atoms with Crippen molar-refractivity contribution in [1.82, 2.24) is 0 Å². The molecule has 2 nitrogen and oxygen atoms in total. The molecule has 0 unspecified atom stereocenters. The molecule has 0 fully saturated rings. The summed E-state index contributed by atoms with van der Waals surface area (Å²) in [6.45, 7) is 0. The van der Waals surface area contributed by atoms with Crippen molar-refractivity contribution in [2.24, 2.45) is 5.73 Å². The Morgan fingerprint density at radius 1 is 1.27 bits per heavy atom. The molecular formula is C8H8ClF2I2NO. The molecule has 0 aliphatic rings. The predicted molar refractivity (Wildman–Crippen MR) is 73.7 cm³/mol. The molecular weight excluding hydrogens is 453 g/mol. The molecule has 0 heterocycles. The second kappa shape index (κ2) is 6.36. The van der Waals surface area contributed by atoms with Gasteiger partial charge in [-0.3, -0.25) is 0 Å². The molecule has 0 radical (unpaired) electrons. The Morgan fingerprint density at radius 3 is 2.27 bits per heavy atom. The first kappa shape index (κ1) is 15.6. The molecule has 86 valence electrons. The van der Waals surface area contributed by atoms with Crippen LogP contribution in [0.1, 0.15) is 11.6 Å². The lowest BCUT2D eigenvalue weighted by molar-refractivity contribution is 0.115. The van der Waals surface area contributed by atoms with E-state index < -0.39 is 12.5 Å². The first-order valence-corrected chi connectivity index (χ1v) is 5.81. The van der Waals surface area contributed by atoms with Gasteiger partial charge in [-0.05, 0) is 57.3 Å². The molecule has 0 saturated heterocycles. The summed E-state index contributed by atoms with van der Waals surface area (Å²) in [6.07, 6.45) is -2.67. The van der Waals surface area contributed by atoms with Crippen LogP contribution in [0.25, 0.3) is 0 Å². The van der Waals surface area contributed by atoms with Crippen molar-refractivity contribution in [1.29, 1.82) is 0 Å². The minimum absolute atomic E-state index is 0. The van der Waals surface area contributed by atoms with E-state index in [-0.39, 0.29) is 23.7 Å². The van der Waals surface area contributed by atoms with Crippen LogP contribution < -0.4 is 5.73 Å². The number of benzene rings is 1. The normalized spacial score (nSPS) is 12.4. The van der Waals surface area contributed by atoms with Crippen molar-refractivity contribution in [3.63, 3.8) is 0 Å². The molecule has 3 N–H and O–H groups in total. The van der Waals surface area contributed by atoms with Gasteiger partial charge in [0.2, 0.25) is 0 Å². The molecule has 0 bridgehead atoms. The zero-order valence-corrected chi connectivity index (χ0v) is 12.4. The summed E-state index contributed by atoms with van der Waals surface area (Å²) in [4.78, 5) is 0. The summed E-state index contributed by atoms with van der Waals surface area (Å²) in [5.41, 5.74) is 5.35. The quantitative estimate of drug-likeness (QED) is 0.665. The van der Waals surface area contributed by atoms with E-state index in [0.29, 0.717) is 3.57 Å². The summed E-state index contributed by atoms with van der Waals surface area (Å²) in [5, 5.41) is 9.52. The molecule has 0 spiro atoms. The highest BCUT2D eigenvalue weighted by Gasteiger charge is 2.22. The minimum atomic E-state index is -2.67. The molecule has 1 aromatic carbocycles. The first-order valence-electron chi connectivity index (χ1n) is 3.65. The third-order valence-electron chi connectivity index (χ3n) is 1.69. The van der Waals surface area contributed by atoms with Crippen molar-refractivity contribution in [3.05, 3.63) is 24.8 Å². The number of phenolic OH excluding ortho intramolecular Hbond substituents is 1. The van der Waals surface area contributed by atoms with Crippen LogP contribution in [-0.2, 0) is 0 Å². The van der Waals surface area contributed by atoms with Crippen molar-refractivity contribution < 1.29 is 13.9 Å². The number of aromatic hydroxyl groups is 1. The Balaban J connectivity index is 0.00000196. The van der Waals surface area contributed by atoms with Crippen LogP contribution in [0.15, 0.2) is 12.1 Å². The maximum Gasteiger partial charge on any atom is 0.257 e. The average Bonchev–Trinajstić information content (AvgIpc) is 2.09. The first-order chi connectivity index (χ1) is 6.43. The number of hydrogen-bond acceptors (Lipinski definition) is 2. The van der Waals surface area contributed by atoms with Crippen molar-refractivity contribution in [2.45, 2.75) is 12.5 Å². The number of hydrogen-bond donors (Lipinski definition) is 2. The Bertz CT molecular complexity index is 352. The molecule has 0 aromatic heterocycles. The van der Waals surface area contributed by atoms with E-state index in [1.54, 1.807) is 6.07 Å². The van der Waals surface area contributed by atoms with Crippen LogP contribution in [0.3, 0.4) is 0 Å². The van der Waals surface area contributed by atoms with Crippen LogP contribution >= 0.6 is 57.6 Å². The summed E-state index contributed by atoms with van der Waals surface area (Å²) < 4.78 is 25.9. The Hall–Kier alpha value is 0.590. The lowest BCUT2D eigenvalue weighted by Crippen LogP contribution is -2.19. The van der Waals surface area contributed by atoms with E-state index in [4.69, 9.17) is 5.73 Å². The minimum Gasteiger partial charge on any atom is -0.506 e.